The Morgan fingerprint density at radius 2 is 2.16 bits per heavy atom. The van der Waals surface area contributed by atoms with Crippen LogP contribution in [0.3, 0.4) is 0 Å². The smallest absolute Gasteiger partial charge is 0.271 e. The number of carbonyl (C=O) groups is 1. The monoisotopic (exact) mass is 365 g/mol. The van der Waals surface area contributed by atoms with E-state index in [2.05, 4.69) is 16.5 Å². The highest BCUT2D eigenvalue weighted by molar-refractivity contribution is 6.33. The molecule has 7 heteroatoms. The molecule has 1 heterocycles. The summed E-state index contributed by atoms with van der Waals surface area (Å²) in [6.07, 6.45) is 2.33. The minimum Gasteiger partial charge on any atom is -0.491 e. The third-order valence-electron chi connectivity index (χ3n) is 3.73. The second-order valence-electron chi connectivity index (χ2n) is 5.62. The highest BCUT2D eigenvalue weighted by atomic mass is 35.5. The molecule has 0 unspecified atom stereocenters. The van der Waals surface area contributed by atoms with Crippen LogP contribution in [-0.4, -0.2) is 42.1 Å². The third kappa shape index (κ3) is 5.47. The largest absolute Gasteiger partial charge is 0.491 e. The first kappa shape index (κ1) is 19.3. The Kier molecular flexibility index (Phi) is 7.28. The van der Waals surface area contributed by atoms with Crippen LogP contribution < -0.4 is 10.1 Å². The molecule has 0 atom stereocenters. The molecule has 6 nitrogen and oxygen atoms in total. The quantitative estimate of drug-likeness (QED) is 0.694. The van der Waals surface area contributed by atoms with Crippen LogP contribution >= 0.6 is 11.6 Å². The van der Waals surface area contributed by atoms with Gasteiger partial charge >= 0.3 is 0 Å². The van der Waals surface area contributed by atoms with E-state index in [0.29, 0.717) is 23.9 Å². The van der Waals surface area contributed by atoms with Gasteiger partial charge in [0.05, 0.1) is 24.4 Å². The predicted molar refractivity (Wildman–Crippen MR) is 97.4 cm³/mol. The zero-order valence-electron chi connectivity index (χ0n) is 14.8. The Morgan fingerprint density at radius 1 is 1.36 bits per heavy atom. The average molecular weight is 366 g/mol. The van der Waals surface area contributed by atoms with E-state index in [1.165, 1.54) is 16.4 Å². The molecule has 0 saturated heterocycles. The van der Waals surface area contributed by atoms with Crippen molar-refractivity contribution in [3.63, 3.8) is 0 Å². The first-order valence-corrected chi connectivity index (χ1v) is 8.66. The summed E-state index contributed by atoms with van der Waals surface area (Å²) in [7, 11) is 1.67. The molecule has 2 aromatic rings. The van der Waals surface area contributed by atoms with E-state index in [1.807, 2.05) is 26.0 Å². The third-order valence-corrected chi connectivity index (χ3v) is 4.01. The predicted octanol–water partition coefficient (Wildman–Crippen LogP) is 2.77. The van der Waals surface area contributed by atoms with Gasteiger partial charge in [0.2, 0.25) is 0 Å². The van der Waals surface area contributed by atoms with Gasteiger partial charge in [-0.3, -0.25) is 9.48 Å². The van der Waals surface area contributed by atoms with Crippen molar-refractivity contribution in [1.29, 1.82) is 0 Å². The van der Waals surface area contributed by atoms with Crippen LogP contribution in [0.25, 0.3) is 0 Å². The molecule has 1 aromatic heterocycles. The van der Waals surface area contributed by atoms with Crippen LogP contribution in [0.15, 0.2) is 24.4 Å². The van der Waals surface area contributed by atoms with Crippen LogP contribution in [0.1, 0.15) is 28.5 Å². The van der Waals surface area contributed by atoms with Gasteiger partial charge in [-0.25, -0.2) is 0 Å². The Balaban J connectivity index is 1.79. The van der Waals surface area contributed by atoms with Gasteiger partial charge in [-0.1, -0.05) is 23.7 Å². The number of hydrogen-bond acceptors (Lipinski definition) is 4. The molecular weight excluding hydrogens is 342 g/mol. The summed E-state index contributed by atoms with van der Waals surface area (Å²) in [6, 6.07) is 6.09. The highest BCUT2D eigenvalue weighted by Gasteiger charge is 2.14. The van der Waals surface area contributed by atoms with Crippen molar-refractivity contribution in [3.8, 4) is 5.75 Å². The van der Waals surface area contributed by atoms with E-state index >= 15 is 0 Å². The number of halogens is 1. The maximum absolute atomic E-state index is 12.1. The van der Waals surface area contributed by atoms with E-state index in [0.717, 1.165) is 30.9 Å². The summed E-state index contributed by atoms with van der Waals surface area (Å²) in [5.41, 5.74) is 2.63. The summed E-state index contributed by atoms with van der Waals surface area (Å²) in [5.74, 6) is 0.546. The van der Waals surface area contributed by atoms with E-state index in [9.17, 15) is 4.79 Å². The van der Waals surface area contributed by atoms with Crippen LogP contribution in [0.2, 0.25) is 5.02 Å². The number of carbonyl (C=O) groups excluding carboxylic acids is 1. The van der Waals surface area contributed by atoms with Crippen LogP contribution in [0.4, 0.5) is 0 Å². The lowest BCUT2D eigenvalue weighted by Crippen LogP contribution is -2.30. The fourth-order valence-corrected chi connectivity index (χ4v) is 2.69. The first-order valence-electron chi connectivity index (χ1n) is 8.28. The van der Waals surface area contributed by atoms with Crippen molar-refractivity contribution < 1.29 is 14.3 Å². The molecule has 1 amide bonds. The molecule has 0 aliphatic rings. The summed E-state index contributed by atoms with van der Waals surface area (Å²) in [4.78, 5) is 12.1. The molecule has 136 valence electrons. The van der Waals surface area contributed by atoms with Crippen molar-refractivity contribution in [2.24, 2.45) is 7.05 Å². The van der Waals surface area contributed by atoms with E-state index < -0.39 is 0 Å². The Hall–Kier alpha value is -2.05. The molecule has 2 rings (SSSR count). The number of aryl methyl sites for hydroxylation is 2. The minimum atomic E-state index is -0.267. The number of nitrogens with zero attached hydrogens (tertiary/aromatic N) is 2. The van der Waals surface area contributed by atoms with E-state index in [4.69, 9.17) is 21.1 Å². The summed E-state index contributed by atoms with van der Waals surface area (Å²) in [6.45, 7) is 6.21. The van der Waals surface area contributed by atoms with Gasteiger partial charge in [-0.05, 0) is 37.5 Å². The lowest BCUT2D eigenvalue weighted by Gasteiger charge is -2.11. The number of ether oxygens (including phenoxy) is 2. The number of benzene rings is 1. The van der Waals surface area contributed by atoms with Crippen molar-refractivity contribution in [2.75, 3.05) is 26.4 Å². The van der Waals surface area contributed by atoms with Crippen molar-refractivity contribution in [2.45, 2.75) is 20.3 Å². The second-order valence-corrected chi connectivity index (χ2v) is 6.02. The van der Waals surface area contributed by atoms with Gasteiger partial charge < -0.3 is 14.8 Å². The van der Waals surface area contributed by atoms with Gasteiger partial charge in [-0.15, -0.1) is 0 Å². The Labute approximate surface area is 153 Å². The number of hydrogen-bond donors (Lipinski definition) is 1. The molecule has 0 bridgehead atoms. The maximum atomic E-state index is 12.1. The number of rotatable bonds is 9. The first-order chi connectivity index (χ1) is 12.0. The van der Waals surface area contributed by atoms with Crippen LogP contribution in [0.5, 0.6) is 5.75 Å². The van der Waals surface area contributed by atoms with Gasteiger partial charge in [0.25, 0.3) is 5.91 Å². The fraction of sp³-hybridized carbons (Fsp3) is 0.444. The van der Waals surface area contributed by atoms with E-state index in [1.54, 1.807) is 7.05 Å². The lowest BCUT2D eigenvalue weighted by molar-refractivity contribution is 0.0937. The van der Waals surface area contributed by atoms with Crippen LogP contribution in [0, 0.1) is 6.92 Å². The Morgan fingerprint density at radius 3 is 2.80 bits per heavy atom. The molecule has 0 fully saturated rings. The SMILES string of the molecule is CCOCCc1ccc(OCCNC(=O)c2c(Cl)cnn2C)c(C)c1. The minimum absolute atomic E-state index is 0.267. The van der Waals surface area contributed by atoms with E-state index in [-0.39, 0.29) is 5.91 Å². The standard InChI is InChI=1S/C18H24ClN3O3/c1-4-24-9-7-14-5-6-16(13(2)11-14)25-10-8-20-18(23)17-15(19)12-21-22(17)3/h5-6,11-12H,4,7-10H2,1-3H3,(H,20,23). The molecule has 0 spiro atoms. The Bertz CT molecular complexity index is 696. The van der Waals surface area contributed by atoms with Crippen molar-refractivity contribution >= 4 is 17.5 Å². The summed E-state index contributed by atoms with van der Waals surface area (Å²) >= 11 is 5.95. The molecule has 0 saturated carbocycles. The average Bonchev–Trinajstić information content (AvgIpc) is 2.92. The molecule has 0 aliphatic carbocycles. The van der Waals surface area contributed by atoms with Gasteiger partial charge in [-0.2, -0.15) is 5.10 Å². The zero-order valence-corrected chi connectivity index (χ0v) is 15.6. The topological polar surface area (TPSA) is 65.4 Å². The van der Waals surface area contributed by atoms with Gasteiger partial charge in [0, 0.05) is 13.7 Å². The molecule has 1 N–H and O–H groups in total. The zero-order chi connectivity index (χ0) is 18.2. The van der Waals surface area contributed by atoms with Gasteiger partial charge in [0.15, 0.2) is 0 Å². The normalized spacial score (nSPS) is 10.7. The lowest BCUT2D eigenvalue weighted by atomic mass is 10.1. The molecule has 1 aromatic carbocycles. The molecule has 25 heavy (non-hydrogen) atoms. The molecule has 0 aliphatic heterocycles. The second kappa shape index (κ2) is 9.44. The van der Waals surface area contributed by atoms with Crippen molar-refractivity contribution in [3.05, 3.63) is 46.2 Å². The van der Waals surface area contributed by atoms with Gasteiger partial charge in [0.1, 0.15) is 18.1 Å². The molecule has 0 radical (unpaired) electrons. The summed E-state index contributed by atoms with van der Waals surface area (Å²) in [5, 5.41) is 7.05. The number of amides is 1. The maximum Gasteiger partial charge on any atom is 0.271 e. The van der Waals surface area contributed by atoms with Crippen molar-refractivity contribution in [1.82, 2.24) is 15.1 Å². The highest BCUT2D eigenvalue weighted by Crippen LogP contribution is 2.19. The fourth-order valence-electron chi connectivity index (χ4n) is 2.44. The van der Waals surface area contributed by atoms with Crippen LogP contribution in [-0.2, 0) is 18.2 Å². The molecular formula is C18H24ClN3O3. The number of nitrogens with one attached hydrogen (secondary N) is 1. The summed E-state index contributed by atoms with van der Waals surface area (Å²) < 4.78 is 12.6. The number of aromatic nitrogens is 2.